The monoisotopic (exact) mass is 480 g/mol. The molecule has 0 radical (unpaired) electrons. The van der Waals surface area contributed by atoms with Gasteiger partial charge in [-0.1, -0.05) is 15.9 Å². The van der Waals surface area contributed by atoms with Gasteiger partial charge in [0, 0.05) is 16.2 Å². The number of aliphatic hydroxyl groups is 1. The molecular weight excluding hydrogens is 463 g/mol. The molecule has 3 rings (SSSR count). The van der Waals surface area contributed by atoms with E-state index in [1.54, 1.807) is 37.3 Å². The van der Waals surface area contributed by atoms with Crippen molar-refractivity contribution >= 4 is 44.0 Å². The largest absolute Gasteiger partial charge is 0.454 e. The SMILES string of the molecule is CC(CO)N=C(N)c1c(Nc2ccc(Oc3ccc(Br)cc3)c(F)c2)s[nH]c1=O. The molecule has 3 aromatic rings. The molecule has 0 saturated carbocycles. The standard InChI is InChI=1S/C19H18BrFN4O3S/c1-10(9-26)23-17(22)16-18(27)25-29-19(16)24-12-4-7-15(14(21)8-12)28-13-5-2-11(20)3-6-13/h2-8,10,24,26H,9H2,1H3,(H2,22,23)(H,25,27). The van der Waals surface area contributed by atoms with Crippen LogP contribution in [0.1, 0.15) is 12.5 Å². The summed E-state index contributed by atoms with van der Waals surface area (Å²) in [4.78, 5) is 16.2. The minimum absolute atomic E-state index is 0.00721. The number of amidine groups is 1. The number of aromatic amines is 1. The molecule has 0 aliphatic rings. The lowest BCUT2D eigenvalue weighted by Gasteiger charge is -2.10. The van der Waals surface area contributed by atoms with Gasteiger partial charge in [0.1, 0.15) is 22.1 Å². The Morgan fingerprint density at radius 3 is 2.76 bits per heavy atom. The van der Waals surface area contributed by atoms with Crippen molar-refractivity contribution in [1.29, 1.82) is 0 Å². The number of benzene rings is 2. The van der Waals surface area contributed by atoms with E-state index in [1.165, 1.54) is 12.1 Å². The average molecular weight is 481 g/mol. The van der Waals surface area contributed by atoms with Gasteiger partial charge in [-0.15, -0.1) is 0 Å². The number of rotatable bonds is 7. The summed E-state index contributed by atoms with van der Waals surface area (Å²) in [5.41, 5.74) is 6.04. The van der Waals surface area contributed by atoms with Crippen LogP contribution in [0.5, 0.6) is 11.5 Å². The first kappa shape index (κ1) is 21.0. The van der Waals surface area contributed by atoms with Gasteiger partial charge >= 0.3 is 0 Å². The molecule has 0 fully saturated rings. The molecule has 10 heteroatoms. The van der Waals surface area contributed by atoms with Crippen LogP contribution in [0.2, 0.25) is 0 Å². The number of hydrogen-bond acceptors (Lipinski definition) is 6. The Balaban J connectivity index is 1.81. The maximum absolute atomic E-state index is 14.5. The summed E-state index contributed by atoms with van der Waals surface area (Å²) in [5, 5.41) is 12.5. The second-order valence-electron chi connectivity index (χ2n) is 6.11. The van der Waals surface area contributed by atoms with Gasteiger partial charge < -0.3 is 20.9 Å². The van der Waals surface area contributed by atoms with Crippen LogP contribution in [-0.2, 0) is 0 Å². The Morgan fingerprint density at radius 1 is 1.38 bits per heavy atom. The van der Waals surface area contributed by atoms with Crippen LogP contribution < -0.4 is 21.3 Å². The minimum Gasteiger partial charge on any atom is -0.454 e. The quantitative estimate of drug-likeness (QED) is 0.302. The van der Waals surface area contributed by atoms with Crippen LogP contribution in [0.15, 0.2) is 56.7 Å². The van der Waals surface area contributed by atoms with E-state index in [2.05, 4.69) is 30.6 Å². The molecule has 2 aromatic carbocycles. The number of nitrogens with zero attached hydrogens (tertiary/aromatic N) is 1. The molecule has 0 saturated heterocycles. The first-order chi connectivity index (χ1) is 13.9. The number of halogens is 2. The van der Waals surface area contributed by atoms with Gasteiger partial charge in [-0.2, -0.15) is 0 Å². The maximum atomic E-state index is 14.5. The van der Waals surface area contributed by atoms with Gasteiger partial charge in [0.25, 0.3) is 5.56 Å². The molecule has 1 aromatic heterocycles. The second kappa shape index (κ2) is 9.21. The van der Waals surface area contributed by atoms with Crippen LogP contribution in [-0.4, -0.2) is 28.0 Å². The number of aliphatic imine (C=N–C) groups is 1. The number of hydrogen-bond donors (Lipinski definition) is 4. The molecule has 0 spiro atoms. The third kappa shape index (κ3) is 5.22. The van der Waals surface area contributed by atoms with Gasteiger partial charge in [-0.3, -0.25) is 14.2 Å². The Kier molecular flexibility index (Phi) is 6.68. The van der Waals surface area contributed by atoms with E-state index in [-0.39, 0.29) is 23.8 Å². The summed E-state index contributed by atoms with van der Waals surface area (Å²) >= 11 is 4.35. The summed E-state index contributed by atoms with van der Waals surface area (Å²) in [7, 11) is 0. The highest BCUT2D eigenvalue weighted by atomic mass is 79.9. The fourth-order valence-corrected chi connectivity index (χ4v) is 3.42. The summed E-state index contributed by atoms with van der Waals surface area (Å²) in [6.45, 7) is 1.47. The maximum Gasteiger partial charge on any atom is 0.271 e. The van der Waals surface area contributed by atoms with Crippen molar-refractivity contribution in [2.45, 2.75) is 13.0 Å². The van der Waals surface area contributed by atoms with Crippen LogP contribution in [0.25, 0.3) is 0 Å². The van der Waals surface area contributed by atoms with Crippen molar-refractivity contribution in [2.24, 2.45) is 10.7 Å². The zero-order valence-electron chi connectivity index (χ0n) is 15.3. The molecule has 152 valence electrons. The number of nitrogens with one attached hydrogen (secondary N) is 2. The zero-order chi connectivity index (χ0) is 21.0. The second-order valence-corrected chi connectivity index (χ2v) is 7.84. The van der Waals surface area contributed by atoms with E-state index >= 15 is 0 Å². The van der Waals surface area contributed by atoms with Crippen molar-refractivity contribution in [3.05, 3.63) is 68.7 Å². The molecule has 1 unspecified atom stereocenters. The molecule has 0 amide bonds. The molecule has 29 heavy (non-hydrogen) atoms. The minimum atomic E-state index is -0.571. The predicted octanol–water partition coefficient (Wildman–Crippen LogP) is 3.96. The van der Waals surface area contributed by atoms with Crippen molar-refractivity contribution in [1.82, 2.24) is 4.37 Å². The fraction of sp³-hybridized carbons (Fsp3) is 0.158. The van der Waals surface area contributed by atoms with E-state index in [9.17, 15) is 9.18 Å². The Labute approximate surface area is 178 Å². The highest BCUT2D eigenvalue weighted by molar-refractivity contribution is 9.10. The molecule has 0 aliphatic heterocycles. The molecule has 0 bridgehead atoms. The van der Waals surface area contributed by atoms with Gasteiger partial charge in [-0.25, -0.2) is 4.39 Å². The summed E-state index contributed by atoms with van der Waals surface area (Å²) in [5.74, 6) is -0.00996. The molecule has 1 atom stereocenters. The number of aliphatic hydroxyl groups excluding tert-OH is 1. The lowest BCUT2D eigenvalue weighted by Crippen LogP contribution is -2.24. The fourth-order valence-electron chi connectivity index (χ4n) is 2.39. The molecule has 0 aliphatic carbocycles. The Hall–Kier alpha value is -2.69. The number of nitrogens with two attached hydrogens (primary N) is 1. The lowest BCUT2D eigenvalue weighted by molar-refractivity contribution is 0.274. The first-order valence-electron chi connectivity index (χ1n) is 8.53. The lowest BCUT2D eigenvalue weighted by atomic mass is 10.2. The average Bonchev–Trinajstić information content (AvgIpc) is 3.05. The van der Waals surface area contributed by atoms with Gasteiger partial charge in [0.05, 0.1) is 12.6 Å². The van der Waals surface area contributed by atoms with Crippen molar-refractivity contribution in [3.8, 4) is 11.5 Å². The van der Waals surface area contributed by atoms with Gasteiger partial charge in [-0.05, 0) is 54.9 Å². The molecule has 5 N–H and O–H groups in total. The highest BCUT2D eigenvalue weighted by Crippen LogP contribution is 2.30. The normalized spacial score (nSPS) is 12.6. The topological polar surface area (TPSA) is 113 Å². The Morgan fingerprint density at radius 2 is 2.10 bits per heavy atom. The third-order valence-corrected chi connectivity index (χ3v) is 5.14. The van der Waals surface area contributed by atoms with Crippen molar-refractivity contribution < 1.29 is 14.2 Å². The zero-order valence-corrected chi connectivity index (χ0v) is 17.7. The number of aromatic nitrogens is 1. The predicted molar refractivity (Wildman–Crippen MR) is 116 cm³/mol. The summed E-state index contributed by atoms with van der Waals surface area (Å²) in [6, 6.07) is 10.9. The summed E-state index contributed by atoms with van der Waals surface area (Å²) in [6.07, 6.45) is 0. The smallest absolute Gasteiger partial charge is 0.271 e. The third-order valence-electron chi connectivity index (χ3n) is 3.81. The number of H-pyrrole nitrogens is 1. The van der Waals surface area contributed by atoms with Gasteiger partial charge in [0.2, 0.25) is 0 Å². The molecular formula is C19H18BrFN4O3S. The summed E-state index contributed by atoms with van der Waals surface area (Å²) < 4.78 is 23.5. The van der Waals surface area contributed by atoms with Gasteiger partial charge in [0.15, 0.2) is 11.6 Å². The van der Waals surface area contributed by atoms with Crippen molar-refractivity contribution in [3.63, 3.8) is 0 Å². The molecule has 1 heterocycles. The molecule has 7 nitrogen and oxygen atoms in total. The number of ether oxygens (including phenoxy) is 1. The van der Waals surface area contributed by atoms with Crippen LogP contribution in [0, 0.1) is 5.82 Å². The van der Waals surface area contributed by atoms with E-state index < -0.39 is 17.4 Å². The van der Waals surface area contributed by atoms with E-state index in [1.807, 2.05) is 0 Å². The first-order valence-corrected chi connectivity index (χ1v) is 10.1. The van der Waals surface area contributed by atoms with Crippen molar-refractivity contribution in [2.75, 3.05) is 11.9 Å². The number of anilines is 2. The van der Waals surface area contributed by atoms with E-state index in [0.29, 0.717) is 16.4 Å². The Bertz CT molecular complexity index is 1080. The van der Waals surface area contributed by atoms with Crippen LogP contribution in [0.4, 0.5) is 15.1 Å². The van der Waals surface area contributed by atoms with E-state index in [0.717, 1.165) is 16.0 Å². The highest BCUT2D eigenvalue weighted by Gasteiger charge is 2.16. The van der Waals surface area contributed by atoms with Crippen LogP contribution >= 0.6 is 27.5 Å². The van der Waals surface area contributed by atoms with Crippen LogP contribution in [0.3, 0.4) is 0 Å². The van der Waals surface area contributed by atoms with E-state index in [4.69, 9.17) is 15.6 Å².